The third kappa shape index (κ3) is 4.59. The van der Waals surface area contributed by atoms with Crippen LogP contribution in [0.1, 0.15) is 17.5 Å². The molecule has 0 bridgehead atoms. The molecule has 142 valence electrons. The lowest BCUT2D eigenvalue weighted by Crippen LogP contribution is -2.13. The number of amides is 1. The van der Waals surface area contributed by atoms with Gasteiger partial charge in [0.15, 0.2) is 11.5 Å². The minimum absolute atomic E-state index is 0.0441. The number of ether oxygens (including phenoxy) is 2. The largest absolute Gasteiger partial charge is 0.454 e. The van der Waals surface area contributed by atoms with E-state index in [4.69, 9.17) is 9.47 Å². The highest BCUT2D eigenvalue weighted by atomic mass is 16.7. The molecule has 0 spiro atoms. The fourth-order valence-electron chi connectivity index (χ4n) is 2.94. The Bertz CT molecular complexity index is 943. The van der Waals surface area contributed by atoms with Crippen molar-refractivity contribution in [2.24, 2.45) is 0 Å². The molecule has 6 heteroatoms. The van der Waals surface area contributed by atoms with Gasteiger partial charge in [-0.25, -0.2) is 4.98 Å². The summed E-state index contributed by atoms with van der Waals surface area (Å²) < 4.78 is 10.7. The van der Waals surface area contributed by atoms with Crippen LogP contribution in [0.5, 0.6) is 11.5 Å². The molecule has 0 atom stereocenters. The highest BCUT2D eigenvalue weighted by molar-refractivity contribution is 5.89. The van der Waals surface area contributed by atoms with Crippen LogP contribution in [0.25, 0.3) is 0 Å². The Morgan fingerprint density at radius 1 is 0.964 bits per heavy atom. The average molecular weight is 375 g/mol. The molecule has 1 aromatic heterocycles. The molecule has 6 nitrogen and oxygen atoms in total. The highest BCUT2D eigenvalue weighted by Crippen LogP contribution is 2.32. The van der Waals surface area contributed by atoms with Gasteiger partial charge in [0.2, 0.25) is 12.7 Å². The van der Waals surface area contributed by atoms with E-state index < -0.39 is 0 Å². The molecule has 0 radical (unpaired) electrons. The van der Waals surface area contributed by atoms with E-state index >= 15 is 0 Å². The number of nitrogens with zero attached hydrogens (tertiary/aromatic N) is 1. The van der Waals surface area contributed by atoms with Gasteiger partial charge < -0.3 is 20.1 Å². The summed E-state index contributed by atoms with van der Waals surface area (Å²) in [6.07, 6.45) is 2.84. The summed E-state index contributed by atoms with van der Waals surface area (Å²) in [7, 11) is 0. The molecule has 0 aliphatic carbocycles. The number of hydrogen-bond donors (Lipinski definition) is 2. The SMILES string of the molecule is O=C(CCc1ccccc1)Nc1ccc(NCc2ccc3c(c2)OCO3)cn1. The Balaban J connectivity index is 1.26. The minimum Gasteiger partial charge on any atom is -0.454 e. The van der Waals surface area contributed by atoms with Crippen molar-refractivity contribution in [3.63, 3.8) is 0 Å². The normalized spacial score (nSPS) is 11.9. The van der Waals surface area contributed by atoms with Gasteiger partial charge in [0, 0.05) is 13.0 Å². The van der Waals surface area contributed by atoms with Crippen molar-refractivity contribution in [3.05, 3.63) is 78.0 Å². The smallest absolute Gasteiger partial charge is 0.231 e. The van der Waals surface area contributed by atoms with Crippen molar-refractivity contribution in [2.45, 2.75) is 19.4 Å². The first-order valence-corrected chi connectivity index (χ1v) is 9.18. The zero-order valence-electron chi connectivity index (χ0n) is 15.4. The summed E-state index contributed by atoms with van der Waals surface area (Å²) in [6, 6.07) is 19.5. The maximum atomic E-state index is 12.1. The second-order valence-corrected chi connectivity index (χ2v) is 6.51. The van der Waals surface area contributed by atoms with Crippen molar-refractivity contribution in [1.82, 2.24) is 4.98 Å². The summed E-state index contributed by atoms with van der Waals surface area (Å²) in [6.45, 7) is 0.912. The molecule has 3 aromatic rings. The van der Waals surface area contributed by atoms with Crippen molar-refractivity contribution < 1.29 is 14.3 Å². The van der Waals surface area contributed by atoms with E-state index in [-0.39, 0.29) is 12.7 Å². The van der Waals surface area contributed by atoms with Crippen LogP contribution in [-0.4, -0.2) is 17.7 Å². The molecule has 0 saturated heterocycles. The molecule has 2 heterocycles. The standard InChI is InChI=1S/C22H21N3O3/c26-22(11-7-16-4-2-1-3-5-16)25-21-10-8-18(14-24-21)23-13-17-6-9-19-20(12-17)28-15-27-19/h1-6,8-10,12,14,23H,7,11,13,15H2,(H,24,25,26). The van der Waals surface area contributed by atoms with E-state index in [1.54, 1.807) is 12.3 Å². The molecule has 2 aromatic carbocycles. The Labute approximate surface area is 163 Å². The van der Waals surface area contributed by atoms with E-state index in [0.717, 1.165) is 28.3 Å². The number of anilines is 2. The van der Waals surface area contributed by atoms with Crippen LogP contribution in [0, 0.1) is 0 Å². The molecule has 1 amide bonds. The number of carbonyl (C=O) groups excluding carboxylic acids is 1. The number of aryl methyl sites for hydroxylation is 1. The van der Waals surface area contributed by atoms with Crippen LogP contribution in [-0.2, 0) is 17.8 Å². The Kier molecular flexibility index (Phi) is 5.38. The zero-order valence-corrected chi connectivity index (χ0v) is 15.4. The van der Waals surface area contributed by atoms with Crippen LogP contribution in [0.15, 0.2) is 66.9 Å². The molecule has 1 aliphatic rings. The van der Waals surface area contributed by atoms with E-state index in [1.165, 1.54) is 0 Å². The van der Waals surface area contributed by atoms with Gasteiger partial charge in [-0.1, -0.05) is 36.4 Å². The molecule has 4 rings (SSSR count). The lowest BCUT2D eigenvalue weighted by atomic mass is 10.1. The van der Waals surface area contributed by atoms with Crippen molar-refractivity contribution >= 4 is 17.4 Å². The molecule has 0 unspecified atom stereocenters. The van der Waals surface area contributed by atoms with Gasteiger partial charge in [0.05, 0.1) is 11.9 Å². The summed E-state index contributed by atoms with van der Waals surface area (Å²) >= 11 is 0. The summed E-state index contributed by atoms with van der Waals surface area (Å²) in [5.74, 6) is 2.05. The molecular formula is C22H21N3O3. The fraction of sp³-hybridized carbons (Fsp3) is 0.182. The van der Waals surface area contributed by atoms with Crippen LogP contribution in [0.3, 0.4) is 0 Å². The third-order valence-electron chi connectivity index (χ3n) is 4.45. The number of fused-ring (bicyclic) bond motifs is 1. The van der Waals surface area contributed by atoms with Gasteiger partial charge in [-0.05, 0) is 41.8 Å². The van der Waals surface area contributed by atoms with Crippen molar-refractivity contribution in [2.75, 3.05) is 17.4 Å². The van der Waals surface area contributed by atoms with Crippen LogP contribution in [0.4, 0.5) is 11.5 Å². The lowest BCUT2D eigenvalue weighted by molar-refractivity contribution is -0.116. The quantitative estimate of drug-likeness (QED) is 0.653. The van der Waals surface area contributed by atoms with Crippen LogP contribution in [0.2, 0.25) is 0 Å². The third-order valence-corrected chi connectivity index (χ3v) is 4.45. The maximum Gasteiger partial charge on any atom is 0.231 e. The van der Waals surface area contributed by atoms with E-state index in [2.05, 4.69) is 15.6 Å². The summed E-state index contributed by atoms with van der Waals surface area (Å²) in [4.78, 5) is 16.4. The van der Waals surface area contributed by atoms with E-state index in [9.17, 15) is 4.79 Å². The monoisotopic (exact) mass is 375 g/mol. The Hall–Kier alpha value is -3.54. The average Bonchev–Trinajstić information content (AvgIpc) is 3.20. The molecule has 0 saturated carbocycles. The Morgan fingerprint density at radius 2 is 1.82 bits per heavy atom. The van der Waals surface area contributed by atoms with Crippen molar-refractivity contribution in [1.29, 1.82) is 0 Å². The number of aromatic nitrogens is 1. The van der Waals surface area contributed by atoms with Gasteiger partial charge >= 0.3 is 0 Å². The molecule has 2 N–H and O–H groups in total. The first-order valence-electron chi connectivity index (χ1n) is 9.18. The fourth-order valence-corrected chi connectivity index (χ4v) is 2.94. The number of benzene rings is 2. The van der Waals surface area contributed by atoms with Gasteiger partial charge in [-0.2, -0.15) is 0 Å². The first-order chi connectivity index (χ1) is 13.8. The zero-order chi connectivity index (χ0) is 19.2. The van der Waals surface area contributed by atoms with Gasteiger partial charge in [-0.15, -0.1) is 0 Å². The predicted molar refractivity (Wildman–Crippen MR) is 108 cm³/mol. The Morgan fingerprint density at radius 3 is 2.64 bits per heavy atom. The highest BCUT2D eigenvalue weighted by Gasteiger charge is 2.13. The number of pyridine rings is 1. The second-order valence-electron chi connectivity index (χ2n) is 6.51. The molecule has 28 heavy (non-hydrogen) atoms. The van der Waals surface area contributed by atoms with Gasteiger partial charge in [-0.3, -0.25) is 4.79 Å². The first kappa shape index (κ1) is 17.9. The summed E-state index contributed by atoms with van der Waals surface area (Å²) in [5.41, 5.74) is 3.11. The van der Waals surface area contributed by atoms with Gasteiger partial charge in [0.1, 0.15) is 5.82 Å². The number of nitrogens with one attached hydrogen (secondary N) is 2. The van der Waals surface area contributed by atoms with E-state index in [0.29, 0.717) is 25.2 Å². The van der Waals surface area contributed by atoms with Crippen LogP contribution >= 0.6 is 0 Å². The number of carbonyl (C=O) groups is 1. The maximum absolute atomic E-state index is 12.1. The van der Waals surface area contributed by atoms with Crippen molar-refractivity contribution in [3.8, 4) is 11.5 Å². The second kappa shape index (κ2) is 8.43. The van der Waals surface area contributed by atoms with Crippen LogP contribution < -0.4 is 20.1 Å². The van der Waals surface area contributed by atoms with Gasteiger partial charge in [0.25, 0.3) is 0 Å². The predicted octanol–water partition coefficient (Wildman–Crippen LogP) is 3.99. The van der Waals surface area contributed by atoms with E-state index in [1.807, 2.05) is 54.6 Å². The molecule has 0 fully saturated rings. The minimum atomic E-state index is -0.0441. The lowest BCUT2D eigenvalue weighted by Gasteiger charge is -2.09. The molecular weight excluding hydrogens is 354 g/mol. The number of hydrogen-bond acceptors (Lipinski definition) is 5. The summed E-state index contributed by atoms with van der Waals surface area (Å²) in [5, 5.41) is 6.14. The molecule has 1 aliphatic heterocycles. The topological polar surface area (TPSA) is 72.5 Å². The number of rotatable bonds is 7.